The first kappa shape index (κ1) is 23.1. The Bertz CT molecular complexity index is 1210. The smallest absolute Gasteiger partial charge is 0.281 e. The molecule has 3 aromatic rings. The van der Waals surface area contributed by atoms with E-state index in [4.69, 9.17) is 0 Å². The molecular formula is C23H30N4O3S. The van der Waals surface area contributed by atoms with E-state index in [0.717, 1.165) is 27.6 Å². The van der Waals surface area contributed by atoms with Crippen molar-refractivity contribution in [3.63, 3.8) is 0 Å². The number of pyridine rings is 1. The third-order valence-electron chi connectivity index (χ3n) is 5.53. The standard InChI is InChI=1S/C23H30N4O3S/c1-16(26(7)31(29,30)25(5)6)20-15-27(22(28)23(2,3)4)21-14-18(8-9-19(20)21)17-10-12-24-13-11-17/h8-16H,1-7H3. The molecule has 166 valence electrons. The minimum Gasteiger partial charge on any atom is -0.286 e. The van der Waals surface area contributed by atoms with E-state index in [0.29, 0.717) is 0 Å². The van der Waals surface area contributed by atoms with Crippen LogP contribution in [0.5, 0.6) is 0 Å². The summed E-state index contributed by atoms with van der Waals surface area (Å²) in [5.41, 5.74) is 2.90. The molecule has 0 bridgehead atoms. The fourth-order valence-corrected chi connectivity index (χ4v) is 4.52. The molecule has 8 heteroatoms. The predicted octanol–water partition coefficient (Wildman–Crippen LogP) is 4.19. The summed E-state index contributed by atoms with van der Waals surface area (Å²) in [6.45, 7) is 7.46. The summed E-state index contributed by atoms with van der Waals surface area (Å²) in [6, 6.07) is 9.29. The number of fused-ring (bicyclic) bond motifs is 1. The van der Waals surface area contributed by atoms with E-state index in [1.54, 1.807) is 30.2 Å². The van der Waals surface area contributed by atoms with Crippen molar-refractivity contribution in [3.05, 3.63) is 54.5 Å². The molecular weight excluding hydrogens is 412 g/mol. The molecule has 31 heavy (non-hydrogen) atoms. The lowest BCUT2D eigenvalue weighted by atomic mass is 9.95. The topological polar surface area (TPSA) is 75.5 Å². The van der Waals surface area contributed by atoms with Crippen LogP contribution in [0.3, 0.4) is 0 Å². The lowest BCUT2D eigenvalue weighted by molar-refractivity contribution is 0.0772. The molecule has 1 unspecified atom stereocenters. The Labute approximate surface area is 184 Å². The first-order valence-corrected chi connectivity index (χ1v) is 11.5. The van der Waals surface area contributed by atoms with Gasteiger partial charge < -0.3 is 0 Å². The Morgan fingerprint density at radius 3 is 2.19 bits per heavy atom. The van der Waals surface area contributed by atoms with Crippen LogP contribution in [0, 0.1) is 5.41 Å². The Morgan fingerprint density at radius 1 is 1.03 bits per heavy atom. The quantitative estimate of drug-likeness (QED) is 0.594. The Balaban J connectivity index is 2.23. The normalized spacial score (nSPS) is 13.8. The van der Waals surface area contributed by atoms with Crippen molar-refractivity contribution in [1.29, 1.82) is 0 Å². The second-order valence-electron chi connectivity index (χ2n) is 8.96. The van der Waals surface area contributed by atoms with E-state index < -0.39 is 21.7 Å². The molecule has 0 saturated carbocycles. The Hall–Kier alpha value is -2.55. The highest BCUT2D eigenvalue weighted by Crippen LogP contribution is 2.35. The lowest BCUT2D eigenvalue weighted by Gasteiger charge is -2.27. The average molecular weight is 443 g/mol. The van der Waals surface area contributed by atoms with Crippen molar-refractivity contribution in [2.75, 3.05) is 21.1 Å². The number of benzene rings is 1. The maximum absolute atomic E-state index is 13.3. The van der Waals surface area contributed by atoms with Gasteiger partial charge in [0, 0.05) is 56.6 Å². The highest BCUT2D eigenvalue weighted by atomic mass is 32.2. The summed E-state index contributed by atoms with van der Waals surface area (Å²) in [6.07, 6.45) is 5.24. The maximum Gasteiger partial charge on any atom is 0.281 e. The van der Waals surface area contributed by atoms with E-state index in [-0.39, 0.29) is 5.91 Å². The van der Waals surface area contributed by atoms with Crippen LogP contribution in [0.4, 0.5) is 0 Å². The molecule has 1 aromatic carbocycles. The van der Waals surface area contributed by atoms with E-state index >= 15 is 0 Å². The zero-order valence-electron chi connectivity index (χ0n) is 19.1. The largest absolute Gasteiger partial charge is 0.286 e. The highest BCUT2D eigenvalue weighted by Gasteiger charge is 2.31. The molecule has 0 aliphatic heterocycles. The highest BCUT2D eigenvalue weighted by molar-refractivity contribution is 7.86. The third kappa shape index (κ3) is 4.28. The number of hydrogen-bond acceptors (Lipinski definition) is 4. The number of hydrogen-bond donors (Lipinski definition) is 0. The summed E-state index contributed by atoms with van der Waals surface area (Å²) < 4.78 is 29.5. The van der Waals surface area contributed by atoms with Crippen molar-refractivity contribution in [1.82, 2.24) is 18.2 Å². The molecule has 0 aliphatic rings. The number of rotatable bonds is 5. The predicted molar refractivity (Wildman–Crippen MR) is 124 cm³/mol. The number of aromatic nitrogens is 2. The van der Waals surface area contributed by atoms with E-state index in [1.807, 2.05) is 58.0 Å². The van der Waals surface area contributed by atoms with Crippen molar-refractivity contribution < 1.29 is 13.2 Å². The molecule has 0 spiro atoms. The number of carbonyl (C=O) groups excluding carboxylic acids is 1. The van der Waals surface area contributed by atoms with Crippen molar-refractivity contribution in [3.8, 4) is 11.1 Å². The SMILES string of the molecule is CC(c1cn(C(=O)C(C)(C)C)c2cc(-c3ccncc3)ccc12)N(C)S(=O)(=O)N(C)C. The van der Waals surface area contributed by atoms with Gasteiger partial charge in [0.2, 0.25) is 5.91 Å². The molecule has 3 rings (SSSR count). The van der Waals surface area contributed by atoms with Crippen LogP contribution in [-0.2, 0) is 10.2 Å². The number of carbonyl (C=O) groups is 1. The second-order valence-corrected chi connectivity index (χ2v) is 11.2. The van der Waals surface area contributed by atoms with Crippen LogP contribution in [0.15, 0.2) is 48.9 Å². The van der Waals surface area contributed by atoms with Gasteiger partial charge in [-0.2, -0.15) is 17.0 Å². The first-order chi connectivity index (χ1) is 14.4. The second kappa shape index (κ2) is 8.18. The summed E-state index contributed by atoms with van der Waals surface area (Å²) >= 11 is 0. The Kier molecular flexibility index (Phi) is 6.10. The van der Waals surface area contributed by atoms with Crippen molar-refractivity contribution in [2.45, 2.75) is 33.7 Å². The summed E-state index contributed by atoms with van der Waals surface area (Å²) in [5, 5.41) is 0.851. The average Bonchev–Trinajstić information content (AvgIpc) is 3.10. The molecule has 1 atom stereocenters. The van der Waals surface area contributed by atoms with Gasteiger partial charge in [-0.15, -0.1) is 0 Å². The van der Waals surface area contributed by atoms with E-state index in [2.05, 4.69) is 4.98 Å². The van der Waals surface area contributed by atoms with Crippen LogP contribution >= 0.6 is 0 Å². The van der Waals surface area contributed by atoms with E-state index in [1.165, 1.54) is 22.7 Å². The van der Waals surface area contributed by atoms with Crippen LogP contribution in [0.2, 0.25) is 0 Å². The van der Waals surface area contributed by atoms with Gasteiger partial charge >= 0.3 is 0 Å². The fourth-order valence-electron chi connectivity index (χ4n) is 3.49. The molecule has 7 nitrogen and oxygen atoms in total. The maximum atomic E-state index is 13.3. The van der Waals surface area contributed by atoms with Gasteiger partial charge in [-0.1, -0.05) is 32.9 Å². The minimum absolute atomic E-state index is 0.0547. The molecule has 0 aliphatic carbocycles. The first-order valence-electron chi connectivity index (χ1n) is 10.1. The molecule has 0 fully saturated rings. The molecule has 0 saturated heterocycles. The fraction of sp³-hybridized carbons (Fsp3) is 0.391. The van der Waals surface area contributed by atoms with E-state index in [9.17, 15) is 13.2 Å². The molecule has 0 N–H and O–H groups in total. The molecule has 0 radical (unpaired) electrons. The Morgan fingerprint density at radius 2 is 1.65 bits per heavy atom. The molecule has 0 amide bonds. The van der Waals surface area contributed by atoms with Gasteiger partial charge in [-0.25, -0.2) is 0 Å². The summed E-state index contributed by atoms with van der Waals surface area (Å²) in [7, 11) is 0.950. The molecule has 2 aromatic heterocycles. The van der Waals surface area contributed by atoms with Crippen molar-refractivity contribution >= 4 is 27.0 Å². The van der Waals surface area contributed by atoms with Gasteiger partial charge in [0.1, 0.15) is 0 Å². The van der Waals surface area contributed by atoms with Gasteiger partial charge in [0.15, 0.2) is 0 Å². The lowest BCUT2D eigenvalue weighted by Crippen LogP contribution is -2.38. The van der Waals surface area contributed by atoms with Crippen LogP contribution < -0.4 is 0 Å². The van der Waals surface area contributed by atoms with Crippen LogP contribution in [0.25, 0.3) is 22.0 Å². The summed E-state index contributed by atoms with van der Waals surface area (Å²) in [4.78, 5) is 17.3. The van der Waals surface area contributed by atoms with Crippen LogP contribution in [-0.4, -0.2) is 53.6 Å². The monoisotopic (exact) mass is 442 g/mol. The zero-order valence-corrected chi connectivity index (χ0v) is 19.9. The van der Waals surface area contributed by atoms with Gasteiger partial charge in [0.05, 0.1) is 5.52 Å². The zero-order chi connectivity index (χ0) is 23.1. The van der Waals surface area contributed by atoms with Gasteiger partial charge in [-0.05, 0) is 41.8 Å². The van der Waals surface area contributed by atoms with Gasteiger partial charge in [0.25, 0.3) is 10.2 Å². The van der Waals surface area contributed by atoms with Crippen molar-refractivity contribution in [2.24, 2.45) is 5.41 Å². The number of nitrogens with zero attached hydrogens (tertiary/aromatic N) is 4. The minimum atomic E-state index is -3.62. The molecule has 2 heterocycles. The third-order valence-corrected chi connectivity index (χ3v) is 7.50. The van der Waals surface area contributed by atoms with Crippen LogP contribution in [0.1, 0.15) is 44.1 Å². The summed E-state index contributed by atoms with van der Waals surface area (Å²) in [5.74, 6) is -0.0547. The van der Waals surface area contributed by atoms with Gasteiger partial charge in [-0.3, -0.25) is 14.3 Å².